The molecule has 0 unspecified atom stereocenters. The first kappa shape index (κ1) is 14.3. The molecule has 0 bridgehead atoms. The second kappa shape index (κ2) is 6.26. The molecule has 5 heteroatoms. The molecular weight excluding hydrogens is 301 g/mol. The third-order valence-electron chi connectivity index (χ3n) is 2.36. The first-order valence-corrected chi connectivity index (χ1v) is 5.12. The van der Waals surface area contributed by atoms with Crippen molar-refractivity contribution in [3.63, 3.8) is 0 Å². The second-order valence-electron chi connectivity index (χ2n) is 3.70. The Labute approximate surface area is 114 Å². The lowest BCUT2D eigenvalue weighted by molar-refractivity contribution is -0.688. The maximum absolute atomic E-state index is 13.0. The van der Waals surface area contributed by atoms with E-state index in [9.17, 15) is 9.18 Å². The largest absolute Gasteiger partial charge is 1.00 e. The normalized spacial score (nSPS) is 9.61. The summed E-state index contributed by atoms with van der Waals surface area (Å²) in [4.78, 5) is 10.8. The van der Waals surface area contributed by atoms with Crippen molar-refractivity contribution in [1.29, 1.82) is 0 Å². The van der Waals surface area contributed by atoms with Gasteiger partial charge in [0.05, 0.1) is 0 Å². The fourth-order valence-electron chi connectivity index (χ4n) is 1.59. The minimum absolute atomic E-state index is 0. The predicted octanol–water partition coefficient (Wildman–Crippen LogP) is -1.14. The van der Waals surface area contributed by atoms with E-state index in [1.807, 2.05) is 0 Å². The van der Waals surface area contributed by atoms with Crippen molar-refractivity contribution in [1.82, 2.24) is 0 Å². The number of aromatic carboxylic acids is 1. The molecule has 1 N–H and O–H groups in total. The second-order valence-corrected chi connectivity index (χ2v) is 3.70. The number of carboxylic acids is 1. The average molecular weight is 312 g/mol. The highest BCUT2D eigenvalue weighted by molar-refractivity contribution is 5.86. The Hall–Kier alpha value is -1.75. The van der Waals surface area contributed by atoms with E-state index in [4.69, 9.17) is 5.11 Å². The van der Waals surface area contributed by atoms with E-state index in [1.54, 1.807) is 29.0 Å². The summed E-state index contributed by atoms with van der Waals surface area (Å²) >= 11 is 0. The number of hydrogen-bond acceptors (Lipinski definition) is 1. The zero-order chi connectivity index (χ0) is 12.3. The number of rotatable bonds is 3. The number of hydrogen-bond donors (Lipinski definition) is 1. The molecule has 0 radical (unpaired) electrons. The Morgan fingerprint density at radius 1 is 1.28 bits per heavy atom. The third-order valence-corrected chi connectivity index (χ3v) is 2.36. The number of aromatic nitrogens is 1. The highest BCUT2D eigenvalue weighted by atomic mass is 79.9. The van der Waals surface area contributed by atoms with Crippen molar-refractivity contribution in [2.45, 2.75) is 6.54 Å². The maximum Gasteiger partial charge on any atom is 0.341 e. The summed E-state index contributed by atoms with van der Waals surface area (Å²) in [5.74, 6) is -1.27. The molecule has 1 aromatic carbocycles. The molecule has 18 heavy (non-hydrogen) atoms. The van der Waals surface area contributed by atoms with Crippen LogP contribution in [-0.4, -0.2) is 11.1 Å². The molecule has 0 aliphatic heterocycles. The van der Waals surface area contributed by atoms with Crippen LogP contribution in [0.5, 0.6) is 0 Å². The molecule has 2 rings (SSSR count). The monoisotopic (exact) mass is 311 g/mol. The molecule has 0 fully saturated rings. The molecule has 94 valence electrons. The van der Waals surface area contributed by atoms with Gasteiger partial charge in [-0.2, -0.15) is 4.57 Å². The van der Waals surface area contributed by atoms with Crippen LogP contribution in [0, 0.1) is 5.82 Å². The number of halogens is 2. The number of carboxylic acid groups (broad SMARTS) is 1. The van der Waals surface area contributed by atoms with Crippen molar-refractivity contribution in [3.05, 3.63) is 65.7 Å². The lowest BCUT2D eigenvalue weighted by Crippen LogP contribution is -3.00. The van der Waals surface area contributed by atoms with E-state index in [2.05, 4.69) is 0 Å². The van der Waals surface area contributed by atoms with E-state index < -0.39 is 5.97 Å². The van der Waals surface area contributed by atoms with Gasteiger partial charge >= 0.3 is 5.97 Å². The molecule has 1 heterocycles. The predicted molar refractivity (Wildman–Crippen MR) is 59.1 cm³/mol. The topological polar surface area (TPSA) is 41.2 Å². The molecule has 3 nitrogen and oxygen atoms in total. The van der Waals surface area contributed by atoms with Crippen molar-refractivity contribution < 1.29 is 35.8 Å². The van der Waals surface area contributed by atoms with E-state index in [-0.39, 0.29) is 28.4 Å². The van der Waals surface area contributed by atoms with Gasteiger partial charge in [-0.05, 0) is 18.2 Å². The Morgan fingerprint density at radius 2 is 2.06 bits per heavy atom. The summed E-state index contributed by atoms with van der Waals surface area (Å²) in [5.41, 5.74) is 1.00. The zero-order valence-electron chi connectivity index (χ0n) is 9.38. The molecule has 0 aliphatic carbocycles. The summed E-state index contributed by atoms with van der Waals surface area (Å²) in [5, 5.41) is 8.85. The molecule has 0 spiro atoms. The smallest absolute Gasteiger partial charge is 0.341 e. The van der Waals surface area contributed by atoms with Gasteiger partial charge in [0.1, 0.15) is 11.4 Å². The molecule has 0 saturated heterocycles. The maximum atomic E-state index is 13.0. The number of carbonyl (C=O) groups is 1. The summed E-state index contributed by atoms with van der Waals surface area (Å²) in [6.45, 7) is 0.443. The van der Waals surface area contributed by atoms with E-state index in [1.165, 1.54) is 24.4 Å². The average Bonchev–Trinajstić information content (AvgIpc) is 2.29. The van der Waals surface area contributed by atoms with Gasteiger partial charge in [0.2, 0.25) is 0 Å². The Bertz CT molecular complexity index is 560. The fourth-order valence-corrected chi connectivity index (χ4v) is 1.59. The van der Waals surface area contributed by atoms with Crippen LogP contribution in [0.3, 0.4) is 0 Å². The summed E-state index contributed by atoms with van der Waals surface area (Å²) < 4.78 is 14.7. The van der Waals surface area contributed by atoms with Crippen LogP contribution in [0.1, 0.15) is 15.9 Å². The number of benzene rings is 1. The molecule has 0 aliphatic rings. The third kappa shape index (κ3) is 3.63. The standard InChI is InChI=1S/C13H10FNO2.BrH/c14-12-5-1-3-10(7-12)8-15-6-2-4-11(9-15)13(16)17;/h1-7,9H,8H2;1H. The SMILES string of the molecule is O=C(O)c1ccc[n+](Cc2cccc(F)c2)c1.[Br-]. The molecule has 1 aromatic heterocycles. The Morgan fingerprint density at radius 3 is 2.72 bits per heavy atom. The van der Waals surface area contributed by atoms with E-state index >= 15 is 0 Å². The molecule has 2 aromatic rings. The highest BCUT2D eigenvalue weighted by Gasteiger charge is 2.09. The van der Waals surface area contributed by atoms with Crippen LogP contribution in [0.25, 0.3) is 0 Å². The zero-order valence-corrected chi connectivity index (χ0v) is 11.0. The van der Waals surface area contributed by atoms with Gasteiger partial charge in [-0.15, -0.1) is 0 Å². The van der Waals surface area contributed by atoms with E-state index in [0.29, 0.717) is 6.54 Å². The number of nitrogens with zero attached hydrogens (tertiary/aromatic N) is 1. The van der Waals surface area contributed by atoms with E-state index in [0.717, 1.165) is 5.56 Å². The van der Waals surface area contributed by atoms with Crippen LogP contribution in [0.2, 0.25) is 0 Å². The van der Waals surface area contributed by atoms with Gasteiger partial charge in [-0.1, -0.05) is 12.1 Å². The van der Waals surface area contributed by atoms with Crippen LogP contribution in [0.15, 0.2) is 48.8 Å². The first-order chi connectivity index (χ1) is 8.15. The molecule has 0 saturated carbocycles. The van der Waals surface area contributed by atoms with Crippen LogP contribution in [0.4, 0.5) is 4.39 Å². The van der Waals surface area contributed by atoms with Gasteiger partial charge < -0.3 is 22.1 Å². The molecule has 0 amide bonds. The Kier molecular flexibility index (Phi) is 4.97. The van der Waals surface area contributed by atoms with Gasteiger partial charge in [0.15, 0.2) is 18.9 Å². The summed E-state index contributed by atoms with van der Waals surface area (Å²) in [6, 6.07) is 9.41. The summed E-state index contributed by atoms with van der Waals surface area (Å²) in [6.07, 6.45) is 3.27. The highest BCUT2D eigenvalue weighted by Crippen LogP contribution is 2.03. The van der Waals surface area contributed by atoms with Gasteiger partial charge in [-0.25, -0.2) is 9.18 Å². The van der Waals surface area contributed by atoms with Gasteiger partial charge in [0.25, 0.3) is 0 Å². The lowest BCUT2D eigenvalue weighted by Gasteiger charge is -1.99. The van der Waals surface area contributed by atoms with Crippen LogP contribution < -0.4 is 21.5 Å². The van der Waals surface area contributed by atoms with Crippen LogP contribution in [-0.2, 0) is 6.54 Å². The van der Waals surface area contributed by atoms with Gasteiger partial charge in [-0.3, -0.25) is 0 Å². The first-order valence-electron chi connectivity index (χ1n) is 5.12. The van der Waals surface area contributed by atoms with Crippen molar-refractivity contribution in [3.8, 4) is 0 Å². The lowest BCUT2D eigenvalue weighted by atomic mass is 10.2. The minimum atomic E-state index is -0.974. The number of pyridine rings is 1. The minimum Gasteiger partial charge on any atom is -1.00 e. The van der Waals surface area contributed by atoms with Gasteiger partial charge in [0, 0.05) is 11.6 Å². The summed E-state index contributed by atoms with van der Waals surface area (Å²) in [7, 11) is 0. The van der Waals surface area contributed by atoms with Crippen molar-refractivity contribution in [2.75, 3.05) is 0 Å². The molecular formula is C13H11BrFNO2. The Balaban J connectivity index is 0.00000162. The quantitative estimate of drug-likeness (QED) is 0.728. The fraction of sp³-hybridized carbons (Fsp3) is 0.0769. The van der Waals surface area contributed by atoms with Crippen molar-refractivity contribution in [2.24, 2.45) is 0 Å². The van der Waals surface area contributed by atoms with Crippen molar-refractivity contribution >= 4 is 5.97 Å². The molecule has 0 atom stereocenters. The van der Waals surface area contributed by atoms with Crippen LogP contribution >= 0.6 is 0 Å².